The third-order valence-corrected chi connectivity index (χ3v) is 7.05. The van der Waals surface area contributed by atoms with Crippen LogP contribution in [0, 0.1) is 0 Å². The number of carbonyl (C=O) groups excluding carboxylic acids is 1. The number of nitrogens with one attached hydrogen (secondary N) is 1. The maximum Gasteiger partial charge on any atom is 0.329 e. The monoisotopic (exact) mass is 410 g/mol. The van der Waals surface area contributed by atoms with E-state index in [1.165, 1.54) is 0 Å². The number of amides is 1. The first-order chi connectivity index (χ1) is 14.2. The van der Waals surface area contributed by atoms with Gasteiger partial charge < -0.3 is 10.2 Å². The molecule has 0 saturated carbocycles. The van der Waals surface area contributed by atoms with Crippen molar-refractivity contribution in [1.82, 2.24) is 19.4 Å². The predicted molar refractivity (Wildman–Crippen MR) is 116 cm³/mol. The van der Waals surface area contributed by atoms with E-state index in [1.54, 1.807) is 11.3 Å². The van der Waals surface area contributed by atoms with Crippen molar-refractivity contribution in [2.24, 2.45) is 0 Å². The van der Waals surface area contributed by atoms with Gasteiger partial charge in [-0.15, -0.1) is 0 Å². The van der Waals surface area contributed by atoms with E-state index in [4.69, 9.17) is 0 Å². The van der Waals surface area contributed by atoms with Crippen LogP contribution in [0.4, 0.5) is 0 Å². The number of hydrogen-bond donors (Lipinski definition) is 1. The van der Waals surface area contributed by atoms with Gasteiger partial charge in [-0.1, -0.05) is 12.1 Å². The number of nitrogens with zero attached hydrogens (tertiary/aromatic N) is 3. The van der Waals surface area contributed by atoms with E-state index in [-0.39, 0.29) is 23.7 Å². The highest BCUT2D eigenvalue weighted by atomic mass is 32.1. The smallest absolute Gasteiger partial charge is 0.329 e. The van der Waals surface area contributed by atoms with Gasteiger partial charge in [0.1, 0.15) is 0 Å². The summed E-state index contributed by atoms with van der Waals surface area (Å²) in [7, 11) is 0. The fraction of sp³-hybridized carbons (Fsp3) is 0.455. The van der Waals surface area contributed by atoms with Crippen LogP contribution in [0.2, 0.25) is 0 Å². The molecule has 2 saturated heterocycles. The predicted octanol–water partition coefficient (Wildman–Crippen LogP) is 3.27. The molecule has 1 N–H and O–H groups in total. The quantitative estimate of drug-likeness (QED) is 0.721. The molecule has 0 atom stereocenters. The lowest BCUT2D eigenvalue weighted by molar-refractivity contribution is 0.0695. The molecule has 1 aromatic carbocycles. The Hall–Kier alpha value is -2.38. The van der Waals surface area contributed by atoms with Crippen LogP contribution in [0.25, 0.3) is 11.0 Å². The topological polar surface area (TPSA) is 59.3 Å². The summed E-state index contributed by atoms with van der Waals surface area (Å²) in [5.74, 6) is 0.106. The van der Waals surface area contributed by atoms with E-state index in [1.807, 2.05) is 43.0 Å². The van der Waals surface area contributed by atoms with Crippen molar-refractivity contribution in [2.45, 2.75) is 37.8 Å². The molecule has 5 rings (SSSR count). The number of hydrogen-bond acceptors (Lipinski definition) is 4. The second-order valence-electron chi connectivity index (χ2n) is 8.03. The highest BCUT2D eigenvalue weighted by Gasteiger charge is 2.29. The van der Waals surface area contributed by atoms with E-state index in [9.17, 15) is 9.59 Å². The minimum atomic E-state index is 0.106. The second-order valence-corrected chi connectivity index (χ2v) is 8.81. The van der Waals surface area contributed by atoms with E-state index < -0.39 is 0 Å². The molecule has 2 aliphatic heterocycles. The average Bonchev–Trinajstić information content (AvgIpc) is 3.40. The van der Waals surface area contributed by atoms with Crippen LogP contribution in [0.15, 0.2) is 45.9 Å². The van der Waals surface area contributed by atoms with Crippen molar-refractivity contribution in [3.8, 4) is 0 Å². The standard InChI is InChI=1S/C22H26N4O2S/c27-21(16-9-14-29-15-16)24-12-7-18(8-13-24)26-20-4-2-1-3-19(20)25(22(26)28)17-5-10-23-11-6-17/h1-4,9,14-15,17-18,23H,5-8,10-13H2. The molecule has 6 nitrogen and oxygen atoms in total. The number of para-hydroxylation sites is 2. The highest BCUT2D eigenvalue weighted by Crippen LogP contribution is 2.29. The van der Waals surface area contributed by atoms with Crippen molar-refractivity contribution in [2.75, 3.05) is 26.2 Å². The molecule has 1 amide bonds. The first-order valence-corrected chi connectivity index (χ1v) is 11.4. The Morgan fingerprint density at radius 1 is 0.931 bits per heavy atom. The van der Waals surface area contributed by atoms with Gasteiger partial charge in [-0.25, -0.2) is 4.79 Å². The largest absolute Gasteiger partial charge is 0.338 e. The molecule has 4 heterocycles. The third kappa shape index (κ3) is 3.32. The maximum atomic E-state index is 13.5. The number of imidazole rings is 1. The fourth-order valence-corrected chi connectivity index (χ4v) is 5.49. The summed E-state index contributed by atoms with van der Waals surface area (Å²) in [6.45, 7) is 3.30. The zero-order chi connectivity index (χ0) is 19.8. The molecule has 0 radical (unpaired) electrons. The van der Waals surface area contributed by atoms with Gasteiger partial charge in [0.15, 0.2) is 0 Å². The van der Waals surface area contributed by atoms with Gasteiger partial charge in [0.2, 0.25) is 0 Å². The molecular weight excluding hydrogens is 384 g/mol. The zero-order valence-corrected chi connectivity index (χ0v) is 17.2. The molecule has 2 fully saturated rings. The molecule has 2 aliphatic rings. The Morgan fingerprint density at radius 3 is 2.14 bits per heavy atom. The lowest BCUT2D eigenvalue weighted by Gasteiger charge is -2.32. The number of likely N-dealkylation sites (tertiary alicyclic amines) is 1. The van der Waals surface area contributed by atoms with Crippen LogP contribution in [0.1, 0.15) is 48.1 Å². The summed E-state index contributed by atoms with van der Waals surface area (Å²) in [4.78, 5) is 28.1. The Kier molecular flexibility index (Phi) is 5.01. The molecule has 7 heteroatoms. The number of fused-ring (bicyclic) bond motifs is 1. The molecule has 2 aromatic heterocycles. The minimum absolute atomic E-state index is 0.106. The summed E-state index contributed by atoms with van der Waals surface area (Å²) in [5.41, 5.74) is 2.95. The van der Waals surface area contributed by atoms with Crippen LogP contribution < -0.4 is 11.0 Å². The molecule has 0 spiro atoms. The SMILES string of the molecule is O=C(c1ccsc1)N1CCC(n2c(=O)n(C3CCNCC3)c3ccccc32)CC1. The van der Waals surface area contributed by atoms with Crippen LogP contribution >= 0.6 is 11.3 Å². The van der Waals surface area contributed by atoms with Gasteiger partial charge in [-0.05, 0) is 62.4 Å². The molecule has 0 aliphatic carbocycles. The molecule has 152 valence electrons. The number of benzene rings is 1. The van der Waals surface area contributed by atoms with Crippen LogP contribution in [0.3, 0.4) is 0 Å². The van der Waals surface area contributed by atoms with Gasteiger partial charge in [-0.2, -0.15) is 11.3 Å². The number of rotatable bonds is 3. The maximum absolute atomic E-state index is 13.5. The first-order valence-electron chi connectivity index (χ1n) is 10.5. The second kappa shape index (κ2) is 7.80. The van der Waals surface area contributed by atoms with Crippen molar-refractivity contribution >= 4 is 28.3 Å². The van der Waals surface area contributed by atoms with E-state index in [2.05, 4.69) is 17.4 Å². The average molecular weight is 411 g/mol. The molecule has 29 heavy (non-hydrogen) atoms. The molecule has 0 bridgehead atoms. The summed E-state index contributed by atoms with van der Waals surface area (Å²) in [5, 5.41) is 7.24. The summed E-state index contributed by atoms with van der Waals surface area (Å²) >= 11 is 1.55. The van der Waals surface area contributed by atoms with E-state index in [0.717, 1.165) is 55.4 Å². The minimum Gasteiger partial charge on any atom is -0.338 e. The third-order valence-electron chi connectivity index (χ3n) is 6.37. The summed E-state index contributed by atoms with van der Waals surface area (Å²) in [6, 6.07) is 10.5. The van der Waals surface area contributed by atoms with Crippen molar-refractivity contribution in [3.63, 3.8) is 0 Å². The van der Waals surface area contributed by atoms with E-state index in [0.29, 0.717) is 13.1 Å². The number of aromatic nitrogens is 2. The van der Waals surface area contributed by atoms with Gasteiger partial charge >= 0.3 is 5.69 Å². The van der Waals surface area contributed by atoms with Crippen LogP contribution in [0.5, 0.6) is 0 Å². The Labute approximate surface area is 173 Å². The fourth-order valence-electron chi connectivity index (χ4n) is 4.86. The number of piperidine rings is 2. The molecular formula is C22H26N4O2S. The molecule has 0 unspecified atom stereocenters. The lowest BCUT2D eigenvalue weighted by atomic mass is 10.0. The Morgan fingerprint density at radius 2 is 1.55 bits per heavy atom. The van der Waals surface area contributed by atoms with Gasteiger partial charge in [-0.3, -0.25) is 13.9 Å². The van der Waals surface area contributed by atoms with Crippen molar-refractivity contribution in [3.05, 3.63) is 57.1 Å². The lowest BCUT2D eigenvalue weighted by Crippen LogP contribution is -2.41. The van der Waals surface area contributed by atoms with Crippen LogP contribution in [-0.4, -0.2) is 46.1 Å². The van der Waals surface area contributed by atoms with Crippen molar-refractivity contribution in [1.29, 1.82) is 0 Å². The van der Waals surface area contributed by atoms with Gasteiger partial charge in [0.25, 0.3) is 5.91 Å². The normalized spacial score (nSPS) is 19.1. The van der Waals surface area contributed by atoms with Gasteiger partial charge in [0.05, 0.1) is 16.6 Å². The van der Waals surface area contributed by atoms with E-state index >= 15 is 0 Å². The highest BCUT2D eigenvalue weighted by molar-refractivity contribution is 7.08. The number of thiophene rings is 1. The summed E-state index contributed by atoms with van der Waals surface area (Å²) < 4.78 is 4.03. The summed E-state index contributed by atoms with van der Waals surface area (Å²) in [6.07, 6.45) is 3.61. The Bertz CT molecular complexity index is 1050. The number of carbonyl (C=O) groups is 1. The molecule has 3 aromatic rings. The van der Waals surface area contributed by atoms with Crippen LogP contribution in [-0.2, 0) is 0 Å². The first kappa shape index (κ1) is 18.6. The van der Waals surface area contributed by atoms with Gasteiger partial charge in [0, 0.05) is 30.6 Å². The zero-order valence-electron chi connectivity index (χ0n) is 16.4. The Balaban J connectivity index is 1.43. The van der Waals surface area contributed by atoms with Crippen molar-refractivity contribution < 1.29 is 4.79 Å².